The fourth-order valence-electron chi connectivity index (χ4n) is 7.54. The summed E-state index contributed by atoms with van der Waals surface area (Å²) in [5.74, 6) is -0.856. The van der Waals surface area contributed by atoms with Crippen LogP contribution in [-0.4, -0.2) is 153 Å². The molecule has 2 heterocycles. The Hall–Kier alpha value is -3.40. The van der Waals surface area contributed by atoms with E-state index in [1.807, 2.05) is 62.4 Å². The van der Waals surface area contributed by atoms with E-state index in [2.05, 4.69) is 31.1 Å². The van der Waals surface area contributed by atoms with Gasteiger partial charge in [-0.15, -0.1) is 0 Å². The summed E-state index contributed by atoms with van der Waals surface area (Å²) in [4.78, 5) is 61.9. The van der Waals surface area contributed by atoms with Gasteiger partial charge in [-0.25, -0.2) is 11.6 Å². The Bertz CT molecular complexity index is 1920. The minimum atomic E-state index is -1.47. The molecule has 1 aliphatic rings. The van der Waals surface area contributed by atoms with E-state index in [4.69, 9.17) is 33.0 Å². The molecule has 3 rings (SSSR count). The summed E-state index contributed by atoms with van der Waals surface area (Å²) in [5.41, 5.74) is -2.78. The van der Waals surface area contributed by atoms with E-state index in [1.54, 1.807) is 37.8 Å². The summed E-state index contributed by atoms with van der Waals surface area (Å²) in [7, 11) is 3.08. The Morgan fingerprint density at radius 3 is 2.23 bits per heavy atom. The van der Waals surface area contributed by atoms with Crippen molar-refractivity contribution in [2.24, 2.45) is 10.8 Å². The molecule has 0 bridgehead atoms. The number of ether oxygens (including phenoxy) is 3. The lowest BCUT2D eigenvalue weighted by Gasteiger charge is -2.48. The minimum Gasteiger partial charge on any atom is -0.395 e. The van der Waals surface area contributed by atoms with Gasteiger partial charge in [0.2, 0.25) is 29.2 Å². The first kappa shape index (κ1) is 56.9. The predicted molar refractivity (Wildman–Crippen MR) is 260 cm³/mol. The fraction of sp³-hybridized carbons (Fsp3) is 0.622. The van der Waals surface area contributed by atoms with Crippen LogP contribution in [0, 0.1) is 17.4 Å². The molecule has 1 aromatic carbocycles. The number of carbonyl (C=O) groups excluding carboxylic acids is 4. The maximum Gasteiger partial charge on any atom is 0.236 e. The highest BCUT2D eigenvalue weighted by Gasteiger charge is 2.56. The number of thioether (sulfide) groups is 1. The number of aliphatic hydroxyl groups is 4. The first-order valence-electron chi connectivity index (χ1n) is 21.7. The van der Waals surface area contributed by atoms with Gasteiger partial charge in [0.05, 0.1) is 47.4 Å². The monoisotopic (exact) mass is 994 g/mol. The Balaban J connectivity index is 1.77. The third-order valence-corrected chi connectivity index (χ3v) is 15.4. The van der Waals surface area contributed by atoms with Gasteiger partial charge in [0.25, 0.3) is 0 Å². The highest BCUT2D eigenvalue weighted by Crippen LogP contribution is 2.53. The first-order valence-corrected chi connectivity index (χ1v) is 25.2. The topological polar surface area (TPSA) is 242 Å². The van der Waals surface area contributed by atoms with Crippen LogP contribution < -0.4 is 21.3 Å². The van der Waals surface area contributed by atoms with Crippen LogP contribution in [0.25, 0.3) is 4.85 Å². The van der Waals surface area contributed by atoms with Gasteiger partial charge < -0.3 is 60.7 Å². The number of hydrogen-bond acceptors (Lipinski definition) is 16. The van der Waals surface area contributed by atoms with Crippen molar-refractivity contribution in [2.75, 3.05) is 58.4 Å². The van der Waals surface area contributed by atoms with E-state index in [1.165, 1.54) is 29.5 Å². The van der Waals surface area contributed by atoms with Gasteiger partial charge in [-0.2, -0.15) is 0 Å². The van der Waals surface area contributed by atoms with Crippen LogP contribution in [0.2, 0.25) is 0 Å². The summed E-state index contributed by atoms with van der Waals surface area (Å²) in [6, 6.07) is 13.8. The van der Waals surface area contributed by atoms with Crippen molar-refractivity contribution >= 4 is 73.4 Å². The van der Waals surface area contributed by atoms with Crippen molar-refractivity contribution in [1.29, 1.82) is 0 Å². The van der Waals surface area contributed by atoms with Gasteiger partial charge >= 0.3 is 0 Å². The van der Waals surface area contributed by atoms with Gasteiger partial charge in [0.15, 0.2) is 6.29 Å². The standard InChI is InChI=1S/C45H66N6O11S4/c1-30(54)51-35-37(57)36(56)32(27-53)62-38(35)61-25-24-60-23-20-50-40(58)44(5,29-43(4,46-7)17-16-33(55)47-21-26-64-66-34-15-11-12-18-48-34)42(2,3)28-45(6,41(59)49-19-22-52)65-39(63)31-13-9-8-10-14-31/h8-15,18,32,35-38,52-53,56-57H,16-17,19-29H2,1-6H3,(H,47,55)(H,49,59)(H,50,58)(H,51,54)/t32-,35-,36+,37-,38-,43?,44?,45?/m1/s1. The zero-order chi connectivity index (χ0) is 49.0. The Morgan fingerprint density at radius 2 is 1.59 bits per heavy atom. The normalized spacial score (nSPS) is 21.2. The maximum atomic E-state index is 14.7. The van der Waals surface area contributed by atoms with E-state index in [9.17, 15) is 39.6 Å². The molecule has 21 heteroatoms. The van der Waals surface area contributed by atoms with Crippen LogP contribution in [0.1, 0.15) is 72.8 Å². The second-order valence-electron chi connectivity index (χ2n) is 17.2. The lowest BCUT2D eigenvalue weighted by Crippen LogP contribution is -2.64. The first-order chi connectivity index (χ1) is 31.2. The molecule has 8 N–H and O–H groups in total. The number of aliphatic hydroxyl groups excluding tert-OH is 4. The van der Waals surface area contributed by atoms with Crippen LogP contribution in [0.5, 0.6) is 0 Å². The number of aromatic nitrogens is 1. The predicted octanol–water partition coefficient (Wildman–Crippen LogP) is 3.28. The average molecular weight is 995 g/mol. The third-order valence-electron chi connectivity index (χ3n) is 11.5. The van der Waals surface area contributed by atoms with Crippen LogP contribution in [-0.2, 0) is 33.4 Å². The number of carbonyl (C=O) groups is 4. The highest BCUT2D eigenvalue weighted by atomic mass is 33.1. The van der Waals surface area contributed by atoms with Crippen molar-refractivity contribution in [2.45, 2.75) is 113 Å². The fourth-order valence-corrected chi connectivity index (χ4v) is 11.3. The molecule has 8 atom stereocenters. The number of thiocarbonyl (C=S) groups is 1. The molecule has 3 unspecified atom stereocenters. The largest absolute Gasteiger partial charge is 0.395 e. The molecule has 1 aliphatic heterocycles. The molecule has 366 valence electrons. The highest BCUT2D eigenvalue weighted by molar-refractivity contribution is 8.76. The number of nitrogens with one attached hydrogen (secondary N) is 4. The van der Waals surface area contributed by atoms with Gasteiger partial charge in [-0.1, -0.05) is 85.0 Å². The molecule has 0 saturated carbocycles. The number of hydrogen-bond donors (Lipinski definition) is 8. The van der Waals surface area contributed by atoms with Crippen molar-refractivity contribution in [1.82, 2.24) is 26.3 Å². The van der Waals surface area contributed by atoms with E-state index in [0.29, 0.717) is 16.5 Å². The molecule has 1 fully saturated rings. The Labute approximate surface area is 405 Å². The molecule has 66 heavy (non-hydrogen) atoms. The summed E-state index contributed by atoms with van der Waals surface area (Å²) < 4.78 is 16.3. The van der Waals surface area contributed by atoms with Gasteiger partial charge in [0.1, 0.15) is 29.4 Å². The zero-order valence-corrected chi connectivity index (χ0v) is 41.7. The van der Waals surface area contributed by atoms with Crippen molar-refractivity contribution < 1.29 is 53.8 Å². The molecule has 0 spiro atoms. The SMILES string of the molecule is [C-]#[N+]C(C)(CCC(=O)NCCSSc1ccccn1)CC(C)(C(=O)NCCOCCO[C@@H]1O[C@H](CO)[C@H](O)[C@H](O)[C@H]1NC(C)=O)C(C)(C)CC(C)(SC(=S)c1ccccc1)C(=O)NCCO. The van der Waals surface area contributed by atoms with Crippen LogP contribution >= 0.6 is 45.6 Å². The number of benzene rings is 1. The maximum absolute atomic E-state index is 14.7. The van der Waals surface area contributed by atoms with E-state index in [-0.39, 0.29) is 77.0 Å². The van der Waals surface area contributed by atoms with Gasteiger partial charge in [-0.3, -0.25) is 19.2 Å². The van der Waals surface area contributed by atoms with Crippen molar-refractivity contribution in [3.8, 4) is 0 Å². The second-order valence-corrected chi connectivity index (χ2v) is 21.9. The smallest absolute Gasteiger partial charge is 0.236 e. The quantitative estimate of drug-likeness (QED) is 0.0264. The number of amides is 4. The van der Waals surface area contributed by atoms with Gasteiger partial charge in [0, 0.05) is 64.7 Å². The molecule has 4 amide bonds. The molecular formula is C45H66N6O11S4. The third kappa shape index (κ3) is 17.3. The van der Waals surface area contributed by atoms with E-state index >= 15 is 0 Å². The van der Waals surface area contributed by atoms with Crippen molar-refractivity contribution in [3.05, 3.63) is 71.7 Å². The summed E-state index contributed by atoms with van der Waals surface area (Å²) in [5, 5.41) is 52.1. The summed E-state index contributed by atoms with van der Waals surface area (Å²) in [6.07, 6.45) is -3.21. The summed E-state index contributed by atoms with van der Waals surface area (Å²) in [6.45, 7) is 18.2. The molecule has 1 aromatic heterocycles. The molecule has 17 nitrogen and oxygen atoms in total. The average Bonchev–Trinajstić information content (AvgIpc) is 3.29. The van der Waals surface area contributed by atoms with Gasteiger partial charge in [-0.05, 0) is 54.2 Å². The Morgan fingerprint density at radius 1 is 0.894 bits per heavy atom. The van der Waals surface area contributed by atoms with Crippen LogP contribution in [0.3, 0.4) is 0 Å². The molecular weight excluding hydrogens is 929 g/mol. The molecule has 2 aromatic rings. The van der Waals surface area contributed by atoms with E-state index < -0.39 is 70.2 Å². The summed E-state index contributed by atoms with van der Waals surface area (Å²) >= 11 is 7.03. The van der Waals surface area contributed by atoms with Crippen LogP contribution in [0.15, 0.2) is 59.8 Å². The van der Waals surface area contributed by atoms with E-state index in [0.717, 1.165) is 10.6 Å². The molecule has 0 radical (unpaired) electrons. The molecule has 0 aliphatic carbocycles. The van der Waals surface area contributed by atoms with Crippen molar-refractivity contribution in [3.63, 3.8) is 0 Å². The number of nitrogens with zero attached hydrogens (tertiary/aromatic N) is 2. The lowest BCUT2D eigenvalue weighted by atomic mass is 9.57. The minimum absolute atomic E-state index is 0.00714. The number of rotatable bonds is 28. The molecule has 1 saturated heterocycles. The van der Waals surface area contributed by atoms with Crippen LogP contribution in [0.4, 0.5) is 0 Å². The zero-order valence-electron chi connectivity index (χ0n) is 38.4. The number of pyridine rings is 1. The second kappa shape index (κ2) is 27.6. The lowest BCUT2D eigenvalue weighted by molar-refractivity contribution is -0.272. The Kier molecular flexibility index (Phi) is 23.8.